The molecule has 4 nitrogen and oxygen atoms in total. The summed E-state index contributed by atoms with van der Waals surface area (Å²) in [5, 5.41) is 0.906. The second-order valence-corrected chi connectivity index (χ2v) is 5.66. The van der Waals surface area contributed by atoms with Gasteiger partial charge in [-0.1, -0.05) is 24.3 Å². The van der Waals surface area contributed by atoms with Crippen LogP contribution in [0.1, 0.15) is 16.1 Å². The monoisotopic (exact) mass is 292 g/mol. The minimum absolute atomic E-state index is 0.0469. The molecule has 0 saturated carbocycles. The highest BCUT2D eigenvalue weighted by molar-refractivity contribution is 6.00. The number of carbonyl (C=O) groups excluding carboxylic acids is 1. The topological polar surface area (TPSA) is 57.2 Å². The number of aromatic nitrogens is 1. The number of benzene rings is 2. The van der Waals surface area contributed by atoms with Gasteiger partial charge in [0.25, 0.3) is 5.91 Å². The Morgan fingerprint density at radius 2 is 2.05 bits per heavy atom. The molecule has 0 fully saturated rings. The van der Waals surface area contributed by atoms with Gasteiger partial charge in [0.2, 0.25) is 0 Å². The first-order valence-corrected chi connectivity index (χ1v) is 7.30. The summed E-state index contributed by atoms with van der Waals surface area (Å²) >= 11 is 0. The minimum atomic E-state index is -0.479. The Balaban J connectivity index is 1.76. The van der Waals surface area contributed by atoms with Crippen LogP contribution < -0.4 is 10.5 Å². The summed E-state index contributed by atoms with van der Waals surface area (Å²) in [7, 11) is 0. The van der Waals surface area contributed by atoms with Crippen molar-refractivity contribution in [1.29, 1.82) is 0 Å². The molecule has 0 radical (unpaired) electrons. The van der Waals surface area contributed by atoms with Crippen molar-refractivity contribution in [2.75, 3.05) is 5.73 Å². The number of hydrogen-bond acceptors (Lipinski definition) is 3. The number of carbonyl (C=O) groups is 1. The highest BCUT2D eigenvalue weighted by Crippen LogP contribution is 2.31. The van der Waals surface area contributed by atoms with E-state index in [2.05, 4.69) is 0 Å². The van der Waals surface area contributed by atoms with Crippen LogP contribution in [0.4, 0.5) is 5.69 Å². The summed E-state index contributed by atoms with van der Waals surface area (Å²) in [6, 6.07) is 15.4. The Morgan fingerprint density at radius 3 is 2.86 bits per heavy atom. The van der Waals surface area contributed by atoms with Crippen molar-refractivity contribution < 1.29 is 9.53 Å². The maximum atomic E-state index is 12.9. The van der Waals surface area contributed by atoms with E-state index in [1.54, 1.807) is 4.57 Å². The molecule has 4 rings (SSSR count). The molecule has 2 aromatic carbocycles. The molecular weight excluding hydrogens is 276 g/mol. The van der Waals surface area contributed by atoms with Crippen LogP contribution in [0.2, 0.25) is 0 Å². The molecule has 0 bridgehead atoms. The number of aryl methyl sites for hydroxylation is 1. The first kappa shape index (κ1) is 13.0. The zero-order chi connectivity index (χ0) is 15.3. The third kappa shape index (κ3) is 1.80. The average Bonchev–Trinajstić information content (AvgIpc) is 3.08. The molecule has 4 heteroatoms. The Hall–Kier alpha value is -2.75. The molecule has 1 atom stereocenters. The average molecular weight is 292 g/mol. The van der Waals surface area contributed by atoms with E-state index in [1.165, 1.54) is 0 Å². The molecule has 0 saturated heterocycles. The maximum absolute atomic E-state index is 12.9. The first-order chi connectivity index (χ1) is 10.6. The number of nitrogen functional groups attached to an aromatic ring is 1. The van der Waals surface area contributed by atoms with E-state index in [-0.39, 0.29) is 5.91 Å². The van der Waals surface area contributed by atoms with Gasteiger partial charge in [0, 0.05) is 23.2 Å². The quantitative estimate of drug-likeness (QED) is 0.701. The van der Waals surface area contributed by atoms with Crippen LogP contribution >= 0.6 is 0 Å². The van der Waals surface area contributed by atoms with Gasteiger partial charge in [0.05, 0.1) is 5.52 Å². The van der Waals surface area contributed by atoms with E-state index in [1.807, 2.05) is 55.5 Å². The number of para-hydroxylation sites is 1. The van der Waals surface area contributed by atoms with Gasteiger partial charge >= 0.3 is 0 Å². The fourth-order valence-corrected chi connectivity index (χ4v) is 3.14. The van der Waals surface area contributed by atoms with Gasteiger partial charge in [-0.15, -0.1) is 0 Å². The van der Waals surface area contributed by atoms with Crippen molar-refractivity contribution in [3.63, 3.8) is 0 Å². The SMILES string of the molecule is Cc1cc2c(N)cccc2n1C(=O)C1Cc2ccccc2O1. The van der Waals surface area contributed by atoms with Crippen molar-refractivity contribution in [2.45, 2.75) is 19.4 Å². The van der Waals surface area contributed by atoms with Crippen molar-refractivity contribution in [3.8, 4) is 5.75 Å². The van der Waals surface area contributed by atoms with E-state index < -0.39 is 6.10 Å². The zero-order valence-electron chi connectivity index (χ0n) is 12.2. The lowest BCUT2D eigenvalue weighted by Gasteiger charge is -2.13. The molecule has 0 spiro atoms. The smallest absolute Gasteiger partial charge is 0.272 e. The van der Waals surface area contributed by atoms with E-state index >= 15 is 0 Å². The van der Waals surface area contributed by atoms with E-state index in [0.29, 0.717) is 12.1 Å². The predicted octanol–water partition coefficient (Wildman–Crippen LogP) is 3.18. The minimum Gasteiger partial charge on any atom is -0.480 e. The summed E-state index contributed by atoms with van der Waals surface area (Å²) in [5.41, 5.74) is 9.47. The van der Waals surface area contributed by atoms with Crippen molar-refractivity contribution in [1.82, 2.24) is 4.57 Å². The summed E-state index contributed by atoms with van der Waals surface area (Å²) < 4.78 is 7.54. The van der Waals surface area contributed by atoms with Crippen LogP contribution in [0.15, 0.2) is 48.5 Å². The molecule has 1 aliphatic rings. The second-order valence-electron chi connectivity index (χ2n) is 5.66. The summed E-state index contributed by atoms with van der Waals surface area (Å²) in [4.78, 5) is 12.9. The summed E-state index contributed by atoms with van der Waals surface area (Å²) in [5.74, 6) is 0.753. The largest absolute Gasteiger partial charge is 0.480 e. The lowest BCUT2D eigenvalue weighted by Crippen LogP contribution is -2.31. The van der Waals surface area contributed by atoms with Gasteiger partial charge in [0.1, 0.15) is 5.75 Å². The fraction of sp³-hybridized carbons (Fsp3) is 0.167. The molecule has 22 heavy (non-hydrogen) atoms. The standard InChI is InChI=1S/C18H16N2O2/c1-11-9-13-14(19)6-4-7-15(13)20(11)18(21)17-10-12-5-2-3-8-16(12)22-17/h2-9,17H,10,19H2,1H3. The molecule has 1 aromatic heterocycles. The number of hydrogen-bond donors (Lipinski definition) is 1. The van der Waals surface area contributed by atoms with Gasteiger partial charge in [-0.2, -0.15) is 0 Å². The molecule has 110 valence electrons. The van der Waals surface area contributed by atoms with Crippen LogP contribution in [-0.2, 0) is 6.42 Å². The molecular formula is C18H16N2O2. The fourth-order valence-electron chi connectivity index (χ4n) is 3.14. The number of ether oxygens (including phenoxy) is 1. The molecule has 1 aliphatic heterocycles. The lowest BCUT2D eigenvalue weighted by atomic mass is 10.1. The Labute approximate surface area is 128 Å². The van der Waals surface area contributed by atoms with Gasteiger partial charge in [0.15, 0.2) is 6.10 Å². The molecule has 2 heterocycles. The molecule has 0 aliphatic carbocycles. The van der Waals surface area contributed by atoms with Crippen LogP contribution in [-0.4, -0.2) is 16.6 Å². The van der Waals surface area contributed by atoms with Crippen molar-refractivity contribution in [2.24, 2.45) is 0 Å². The highest BCUT2D eigenvalue weighted by atomic mass is 16.5. The van der Waals surface area contributed by atoms with Crippen LogP contribution in [0.5, 0.6) is 5.75 Å². The molecule has 2 N–H and O–H groups in total. The first-order valence-electron chi connectivity index (χ1n) is 7.30. The van der Waals surface area contributed by atoms with Crippen molar-refractivity contribution >= 4 is 22.5 Å². The number of nitrogens with zero attached hydrogens (tertiary/aromatic N) is 1. The van der Waals surface area contributed by atoms with Crippen LogP contribution in [0, 0.1) is 6.92 Å². The van der Waals surface area contributed by atoms with Gasteiger partial charge in [-0.05, 0) is 36.8 Å². The van der Waals surface area contributed by atoms with Gasteiger partial charge in [-0.25, -0.2) is 0 Å². The molecule has 3 aromatic rings. The number of fused-ring (bicyclic) bond motifs is 2. The van der Waals surface area contributed by atoms with E-state index in [9.17, 15) is 4.79 Å². The summed E-state index contributed by atoms with van der Waals surface area (Å²) in [6.45, 7) is 1.92. The lowest BCUT2D eigenvalue weighted by molar-refractivity contribution is 0.0738. The van der Waals surface area contributed by atoms with Crippen LogP contribution in [0.25, 0.3) is 10.9 Å². The number of anilines is 1. The van der Waals surface area contributed by atoms with E-state index in [4.69, 9.17) is 10.5 Å². The van der Waals surface area contributed by atoms with Crippen LogP contribution in [0.3, 0.4) is 0 Å². The Morgan fingerprint density at radius 1 is 1.23 bits per heavy atom. The van der Waals surface area contributed by atoms with E-state index in [0.717, 1.165) is 27.9 Å². The molecule has 1 unspecified atom stereocenters. The van der Waals surface area contributed by atoms with Crippen molar-refractivity contribution in [3.05, 3.63) is 59.8 Å². The number of rotatable bonds is 1. The third-order valence-electron chi connectivity index (χ3n) is 4.21. The van der Waals surface area contributed by atoms with Gasteiger partial charge < -0.3 is 10.5 Å². The zero-order valence-corrected chi connectivity index (χ0v) is 12.2. The molecule has 0 amide bonds. The predicted molar refractivity (Wildman–Crippen MR) is 86.3 cm³/mol. The normalized spacial score (nSPS) is 16.5. The summed E-state index contributed by atoms with van der Waals surface area (Å²) in [6.07, 6.45) is 0.129. The number of nitrogens with two attached hydrogens (primary N) is 1. The Kier molecular flexibility index (Phi) is 2.73. The Bertz CT molecular complexity index is 870. The maximum Gasteiger partial charge on any atom is 0.272 e. The van der Waals surface area contributed by atoms with Gasteiger partial charge in [-0.3, -0.25) is 9.36 Å². The third-order valence-corrected chi connectivity index (χ3v) is 4.21. The second kappa shape index (κ2) is 4.63. The highest BCUT2D eigenvalue weighted by Gasteiger charge is 2.31.